The highest BCUT2D eigenvalue weighted by atomic mass is 79.9. The predicted molar refractivity (Wildman–Crippen MR) is 91.3 cm³/mol. The van der Waals surface area contributed by atoms with E-state index in [1.807, 2.05) is 6.20 Å². The number of nitrogens with one attached hydrogen (secondary N) is 1. The molecule has 0 aromatic carbocycles. The molecule has 1 aliphatic rings. The fourth-order valence-electron chi connectivity index (χ4n) is 2.96. The third kappa shape index (κ3) is 4.25. The van der Waals surface area contributed by atoms with Gasteiger partial charge in [0.15, 0.2) is 0 Å². The highest BCUT2D eigenvalue weighted by Gasteiger charge is 2.24. The summed E-state index contributed by atoms with van der Waals surface area (Å²) < 4.78 is 3.33. The zero-order valence-electron chi connectivity index (χ0n) is 12.6. The molecule has 1 fully saturated rings. The van der Waals surface area contributed by atoms with Crippen molar-refractivity contribution in [1.82, 2.24) is 15.1 Å². The number of nitrogens with zero attached hydrogens (tertiary/aromatic N) is 2. The van der Waals surface area contributed by atoms with Crippen LogP contribution in [0.4, 0.5) is 0 Å². The Morgan fingerprint density at radius 3 is 2.85 bits per heavy atom. The number of rotatable bonds is 7. The second kappa shape index (κ2) is 8.44. The summed E-state index contributed by atoms with van der Waals surface area (Å²) >= 11 is 5.80. The van der Waals surface area contributed by atoms with Crippen LogP contribution in [-0.4, -0.2) is 27.8 Å². The third-order valence-electron chi connectivity index (χ3n) is 3.96. The molecule has 1 unspecified atom stereocenters. The predicted octanol–water partition coefficient (Wildman–Crippen LogP) is 4.24. The summed E-state index contributed by atoms with van der Waals surface area (Å²) in [5, 5.41) is 8.20. The van der Waals surface area contributed by atoms with Crippen LogP contribution >= 0.6 is 27.7 Å². The molecule has 0 radical (unpaired) electrons. The molecule has 1 atom stereocenters. The van der Waals surface area contributed by atoms with Gasteiger partial charge in [0.25, 0.3) is 0 Å². The lowest BCUT2D eigenvalue weighted by Crippen LogP contribution is -2.27. The van der Waals surface area contributed by atoms with Crippen LogP contribution in [0.1, 0.15) is 51.3 Å². The zero-order chi connectivity index (χ0) is 14.4. The largest absolute Gasteiger partial charge is 0.309 e. The molecule has 0 bridgehead atoms. The van der Waals surface area contributed by atoms with Crippen molar-refractivity contribution in [3.8, 4) is 0 Å². The van der Waals surface area contributed by atoms with E-state index in [0.29, 0.717) is 6.04 Å². The summed E-state index contributed by atoms with van der Waals surface area (Å²) in [4.78, 5) is 0. The standard InChI is InChI=1S/C15H26BrN3S/c1-3-7-19-15(13(16)11-18-19)14(17-4-2)10-12-5-8-20-9-6-12/h11-12,14,17H,3-10H2,1-2H3. The first kappa shape index (κ1) is 16.4. The van der Waals surface area contributed by atoms with Crippen molar-refractivity contribution in [2.75, 3.05) is 18.1 Å². The number of aryl methyl sites for hydroxylation is 1. The van der Waals surface area contributed by atoms with Gasteiger partial charge in [0.05, 0.1) is 22.4 Å². The SMILES string of the molecule is CCCn1ncc(Br)c1C(CC1CCSCC1)NCC. The summed E-state index contributed by atoms with van der Waals surface area (Å²) in [6.45, 7) is 6.41. The Bertz CT molecular complexity index is 402. The van der Waals surface area contributed by atoms with Gasteiger partial charge in [-0.15, -0.1) is 0 Å². The summed E-state index contributed by atoms with van der Waals surface area (Å²) in [7, 11) is 0. The number of hydrogen-bond acceptors (Lipinski definition) is 3. The zero-order valence-corrected chi connectivity index (χ0v) is 15.0. The Kier molecular flexibility index (Phi) is 6.91. The number of halogens is 1. The molecule has 114 valence electrons. The van der Waals surface area contributed by atoms with Crippen molar-refractivity contribution in [3.63, 3.8) is 0 Å². The Morgan fingerprint density at radius 2 is 2.20 bits per heavy atom. The minimum absolute atomic E-state index is 0.427. The van der Waals surface area contributed by atoms with Crippen molar-refractivity contribution >= 4 is 27.7 Å². The topological polar surface area (TPSA) is 29.9 Å². The summed E-state index contributed by atoms with van der Waals surface area (Å²) in [5.41, 5.74) is 1.34. The second-order valence-electron chi connectivity index (χ2n) is 5.50. The second-order valence-corrected chi connectivity index (χ2v) is 7.58. The minimum Gasteiger partial charge on any atom is -0.309 e. The van der Waals surface area contributed by atoms with Crippen molar-refractivity contribution in [2.24, 2.45) is 5.92 Å². The lowest BCUT2D eigenvalue weighted by Gasteiger charge is -2.27. The van der Waals surface area contributed by atoms with Gasteiger partial charge in [-0.05, 0) is 65.6 Å². The monoisotopic (exact) mass is 359 g/mol. The molecule has 3 nitrogen and oxygen atoms in total. The highest BCUT2D eigenvalue weighted by Crippen LogP contribution is 2.33. The van der Waals surface area contributed by atoms with Crippen molar-refractivity contribution in [1.29, 1.82) is 0 Å². The number of hydrogen-bond donors (Lipinski definition) is 1. The van der Waals surface area contributed by atoms with Crippen molar-refractivity contribution in [2.45, 2.75) is 52.1 Å². The van der Waals surface area contributed by atoms with E-state index in [1.165, 1.54) is 36.5 Å². The molecule has 0 saturated carbocycles. The summed E-state index contributed by atoms with van der Waals surface area (Å²) in [6.07, 6.45) is 7.05. The smallest absolute Gasteiger partial charge is 0.0695 e. The quantitative estimate of drug-likeness (QED) is 0.789. The Balaban J connectivity index is 2.12. The van der Waals surface area contributed by atoms with Crippen LogP contribution < -0.4 is 5.32 Å². The van der Waals surface area contributed by atoms with Crippen LogP contribution in [0.15, 0.2) is 10.7 Å². The van der Waals surface area contributed by atoms with E-state index in [-0.39, 0.29) is 0 Å². The first-order valence-electron chi connectivity index (χ1n) is 7.78. The maximum atomic E-state index is 4.53. The molecule has 2 rings (SSSR count). The van der Waals surface area contributed by atoms with E-state index in [2.05, 4.69) is 56.6 Å². The van der Waals surface area contributed by atoms with Crippen molar-refractivity contribution in [3.05, 3.63) is 16.4 Å². The maximum absolute atomic E-state index is 4.53. The number of thioether (sulfide) groups is 1. The molecule has 2 heterocycles. The van der Waals surface area contributed by atoms with Crippen LogP contribution in [0.3, 0.4) is 0 Å². The molecule has 1 aliphatic heterocycles. The molecule has 1 N–H and O–H groups in total. The first-order chi connectivity index (χ1) is 9.76. The number of aromatic nitrogens is 2. The van der Waals surface area contributed by atoms with E-state index in [9.17, 15) is 0 Å². The van der Waals surface area contributed by atoms with Crippen LogP contribution in [-0.2, 0) is 6.54 Å². The normalized spacial score (nSPS) is 18.4. The van der Waals surface area contributed by atoms with Gasteiger partial charge in [0.2, 0.25) is 0 Å². The van der Waals surface area contributed by atoms with E-state index in [4.69, 9.17) is 0 Å². The minimum atomic E-state index is 0.427. The molecular formula is C15H26BrN3S. The van der Waals surface area contributed by atoms with Gasteiger partial charge < -0.3 is 5.32 Å². The fraction of sp³-hybridized carbons (Fsp3) is 0.800. The van der Waals surface area contributed by atoms with E-state index >= 15 is 0 Å². The van der Waals surface area contributed by atoms with E-state index < -0.39 is 0 Å². The summed E-state index contributed by atoms with van der Waals surface area (Å²) in [5.74, 6) is 3.52. The molecule has 0 aliphatic carbocycles. The molecule has 5 heteroatoms. The Hall–Kier alpha value is -0.0000000000000000763. The molecule has 1 aromatic rings. The summed E-state index contributed by atoms with van der Waals surface area (Å²) in [6, 6.07) is 0.427. The fourth-order valence-corrected chi connectivity index (χ4v) is 4.74. The molecule has 20 heavy (non-hydrogen) atoms. The Labute approximate surface area is 135 Å². The molecule has 0 amide bonds. The van der Waals surface area contributed by atoms with Crippen molar-refractivity contribution < 1.29 is 0 Å². The van der Waals surface area contributed by atoms with Gasteiger partial charge in [-0.3, -0.25) is 4.68 Å². The molecule has 1 aromatic heterocycles. The molecule has 1 saturated heterocycles. The van der Waals surface area contributed by atoms with Gasteiger partial charge in [-0.25, -0.2) is 0 Å². The average Bonchev–Trinajstić information content (AvgIpc) is 2.81. The van der Waals surface area contributed by atoms with Crippen LogP contribution in [0, 0.1) is 5.92 Å². The average molecular weight is 360 g/mol. The van der Waals surface area contributed by atoms with Gasteiger partial charge in [-0.1, -0.05) is 13.8 Å². The van der Waals surface area contributed by atoms with Crippen LogP contribution in [0.25, 0.3) is 0 Å². The highest BCUT2D eigenvalue weighted by molar-refractivity contribution is 9.10. The van der Waals surface area contributed by atoms with Crippen LogP contribution in [0.5, 0.6) is 0 Å². The van der Waals surface area contributed by atoms with Crippen LogP contribution in [0.2, 0.25) is 0 Å². The lowest BCUT2D eigenvalue weighted by molar-refractivity contribution is 0.356. The Morgan fingerprint density at radius 1 is 1.45 bits per heavy atom. The lowest BCUT2D eigenvalue weighted by atomic mass is 9.92. The maximum Gasteiger partial charge on any atom is 0.0695 e. The van der Waals surface area contributed by atoms with Gasteiger partial charge in [0.1, 0.15) is 0 Å². The van der Waals surface area contributed by atoms with E-state index in [1.54, 1.807) is 0 Å². The molecule has 0 spiro atoms. The first-order valence-corrected chi connectivity index (χ1v) is 9.73. The third-order valence-corrected chi connectivity index (χ3v) is 5.62. The molecular weight excluding hydrogens is 334 g/mol. The van der Waals surface area contributed by atoms with E-state index in [0.717, 1.165) is 29.9 Å². The van der Waals surface area contributed by atoms with Gasteiger partial charge in [0, 0.05) is 6.54 Å². The van der Waals surface area contributed by atoms with Gasteiger partial charge in [-0.2, -0.15) is 16.9 Å². The van der Waals surface area contributed by atoms with Gasteiger partial charge >= 0.3 is 0 Å².